The molecular formula is C30H24F8O10. The van der Waals surface area contributed by atoms with Crippen molar-refractivity contribution in [2.45, 2.75) is 24.6 Å². The third-order valence-electron chi connectivity index (χ3n) is 6.42. The van der Waals surface area contributed by atoms with Crippen molar-refractivity contribution in [3.8, 4) is 28.7 Å². The number of hydrogen-bond acceptors (Lipinski definition) is 10. The average molecular weight is 696 g/mol. The molecular weight excluding hydrogens is 672 g/mol. The highest BCUT2D eigenvalue weighted by Crippen LogP contribution is 2.49. The summed E-state index contributed by atoms with van der Waals surface area (Å²) >= 11 is 0. The maximum atomic E-state index is 14.6. The van der Waals surface area contributed by atoms with Crippen LogP contribution in [0.2, 0.25) is 0 Å². The second-order valence-electron chi connectivity index (χ2n) is 10.0. The third kappa shape index (κ3) is 9.59. The molecule has 0 N–H and O–H groups in total. The van der Waals surface area contributed by atoms with Gasteiger partial charge in [0, 0.05) is 12.1 Å². The van der Waals surface area contributed by atoms with E-state index in [0.29, 0.717) is 31.4 Å². The smallest absolute Gasteiger partial charge is 0.420 e. The largest absolute Gasteiger partial charge is 0.467 e. The Balaban J connectivity index is 1.26. The highest BCUT2D eigenvalue weighted by Gasteiger charge is 2.48. The summed E-state index contributed by atoms with van der Waals surface area (Å²) in [5.41, 5.74) is -5.70. The number of ether oxygens (including phenoxy) is 9. The van der Waals surface area contributed by atoms with Crippen LogP contribution in [0.4, 0.5) is 35.1 Å². The van der Waals surface area contributed by atoms with Crippen LogP contribution in [-0.4, -0.2) is 65.0 Å². The van der Waals surface area contributed by atoms with Gasteiger partial charge in [-0.25, -0.2) is 13.6 Å². The van der Waals surface area contributed by atoms with Gasteiger partial charge >= 0.3 is 18.3 Å². The fraction of sp³-hybridized carbons (Fsp3) is 0.367. The molecule has 0 aromatic heterocycles. The summed E-state index contributed by atoms with van der Waals surface area (Å²) in [6.07, 6.45) is -11.5. The first-order valence-corrected chi connectivity index (χ1v) is 13.8. The topological polar surface area (TPSA) is 107 Å². The molecule has 5 rings (SSSR count). The van der Waals surface area contributed by atoms with E-state index >= 15 is 0 Å². The fourth-order valence-corrected chi connectivity index (χ4v) is 3.99. The molecule has 0 saturated carbocycles. The molecule has 0 bridgehead atoms. The normalized spacial score (nSPS) is 17.1. The van der Waals surface area contributed by atoms with Crippen LogP contribution in [0.3, 0.4) is 0 Å². The quantitative estimate of drug-likeness (QED) is 0.0433. The van der Waals surface area contributed by atoms with Crippen molar-refractivity contribution >= 4 is 5.97 Å². The molecule has 3 aromatic rings. The maximum absolute atomic E-state index is 14.6. The van der Waals surface area contributed by atoms with Gasteiger partial charge in [-0.1, -0.05) is 0 Å². The van der Waals surface area contributed by atoms with Gasteiger partial charge in [0.05, 0.1) is 32.0 Å². The Bertz CT molecular complexity index is 1590. The lowest BCUT2D eigenvalue weighted by Gasteiger charge is -2.22. The van der Waals surface area contributed by atoms with Crippen LogP contribution in [0.25, 0.3) is 0 Å². The van der Waals surface area contributed by atoms with Gasteiger partial charge in [0.1, 0.15) is 52.2 Å². The van der Waals surface area contributed by atoms with Crippen molar-refractivity contribution in [1.29, 1.82) is 0 Å². The molecule has 0 radical (unpaired) electrons. The van der Waals surface area contributed by atoms with E-state index in [1.807, 2.05) is 0 Å². The third-order valence-corrected chi connectivity index (χ3v) is 6.42. The molecule has 2 aliphatic heterocycles. The molecule has 0 spiro atoms. The van der Waals surface area contributed by atoms with Gasteiger partial charge < -0.3 is 42.6 Å². The first-order chi connectivity index (χ1) is 22.8. The number of halogens is 8. The van der Waals surface area contributed by atoms with Crippen molar-refractivity contribution in [2.24, 2.45) is 0 Å². The van der Waals surface area contributed by atoms with Crippen LogP contribution in [0.1, 0.15) is 21.5 Å². The second-order valence-corrected chi connectivity index (χ2v) is 10.0. The molecule has 2 aliphatic rings. The van der Waals surface area contributed by atoms with Gasteiger partial charge in [0.25, 0.3) is 0 Å². The summed E-state index contributed by atoms with van der Waals surface area (Å²) in [4.78, 5) is 12.6. The Hall–Kier alpha value is -4.39. The van der Waals surface area contributed by atoms with Crippen molar-refractivity contribution in [2.75, 3.05) is 46.8 Å². The minimum absolute atomic E-state index is 0.0191. The summed E-state index contributed by atoms with van der Waals surface area (Å²) in [5.74, 6) is -7.65. The monoisotopic (exact) mass is 696 g/mol. The van der Waals surface area contributed by atoms with Gasteiger partial charge in [-0.05, 0) is 36.4 Å². The Morgan fingerprint density at radius 2 is 1.12 bits per heavy atom. The Labute approximate surface area is 265 Å². The molecule has 10 nitrogen and oxygen atoms in total. The summed E-state index contributed by atoms with van der Waals surface area (Å²) in [7, 11) is 0. The van der Waals surface area contributed by atoms with Crippen LogP contribution in [0.5, 0.6) is 28.7 Å². The van der Waals surface area contributed by atoms with E-state index in [-0.39, 0.29) is 50.5 Å². The number of alkyl halides is 6. The number of carbonyl (C=O) groups is 1. The molecule has 2 fully saturated rings. The van der Waals surface area contributed by atoms with Crippen LogP contribution in [0.15, 0.2) is 48.5 Å². The van der Waals surface area contributed by atoms with E-state index in [1.165, 1.54) is 6.07 Å². The molecule has 260 valence electrons. The van der Waals surface area contributed by atoms with Crippen LogP contribution in [-0.2, 0) is 31.3 Å². The molecule has 48 heavy (non-hydrogen) atoms. The number of carbonyl (C=O) groups excluding carboxylic acids is 1. The number of benzene rings is 3. The molecule has 2 saturated heterocycles. The molecule has 2 atom stereocenters. The van der Waals surface area contributed by atoms with Crippen molar-refractivity contribution in [3.05, 3.63) is 76.9 Å². The minimum Gasteiger partial charge on any atom is -0.467 e. The van der Waals surface area contributed by atoms with E-state index < -0.39 is 70.7 Å². The fourth-order valence-electron chi connectivity index (χ4n) is 3.99. The van der Waals surface area contributed by atoms with Crippen LogP contribution < -0.4 is 23.7 Å². The van der Waals surface area contributed by atoms with Crippen molar-refractivity contribution in [3.63, 3.8) is 0 Å². The van der Waals surface area contributed by atoms with E-state index in [0.717, 1.165) is 24.3 Å². The molecule has 2 heterocycles. The second kappa shape index (κ2) is 14.8. The van der Waals surface area contributed by atoms with E-state index in [1.54, 1.807) is 0 Å². The SMILES string of the molecule is O=C(Oc1ccc(OCOc2ccc(OCOCC3CO3)cc2F)c(C(F)(F)F)c1C(F)(F)F)c1ccc(OCOCC2CO2)cc1F. The van der Waals surface area contributed by atoms with Gasteiger partial charge in [-0.3, -0.25) is 0 Å². The van der Waals surface area contributed by atoms with Crippen molar-refractivity contribution < 1.29 is 82.5 Å². The van der Waals surface area contributed by atoms with Crippen LogP contribution >= 0.6 is 0 Å². The van der Waals surface area contributed by atoms with E-state index in [4.69, 9.17) is 37.9 Å². The number of epoxide rings is 2. The van der Waals surface area contributed by atoms with Gasteiger partial charge in [-0.2, -0.15) is 26.3 Å². The van der Waals surface area contributed by atoms with Gasteiger partial charge in [0.15, 0.2) is 25.2 Å². The van der Waals surface area contributed by atoms with E-state index in [9.17, 15) is 39.9 Å². The summed E-state index contributed by atoms with van der Waals surface area (Å²) in [6, 6.07) is 6.56. The summed E-state index contributed by atoms with van der Waals surface area (Å²) in [6.45, 7) is -0.112. The highest BCUT2D eigenvalue weighted by atomic mass is 19.4. The Kier molecular flexibility index (Phi) is 10.8. The lowest BCUT2D eigenvalue weighted by molar-refractivity contribution is -0.164. The zero-order valence-electron chi connectivity index (χ0n) is 24.3. The zero-order valence-corrected chi connectivity index (χ0v) is 24.3. The highest BCUT2D eigenvalue weighted by molar-refractivity contribution is 5.91. The molecule has 0 amide bonds. The first kappa shape index (κ1) is 34.9. The number of hydrogen-bond donors (Lipinski definition) is 0. The van der Waals surface area contributed by atoms with Gasteiger partial charge in [0.2, 0.25) is 6.79 Å². The predicted octanol–water partition coefficient (Wildman–Crippen LogP) is 6.14. The van der Waals surface area contributed by atoms with Crippen LogP contribution in [0, 0.1) is 11.6 Å². The Morgan fingerprint density at radius 3 is 1.65 bits per heavy atom. The van der Waals surface area contributed by atoms with E-state index in [2.05, 4.69) is 4.74 Å². The summed E-state index contributed by atoms with van der Waals surface area (Å²) < 4.78 is 158. The first-order valence-electron chi connectivity index (χ1n) is 13.8. The standard InChI is InChI=1S/C30H24F8O10/c31-21-7-16(44-13-40-9-18-11-42-18)1-3-20(21)28(39)48-25-6-5-24(26(29(33,34)35)27(25)30(36,37)38)47-15-46-23-4-2-17(8-22(23)32)45-14-41-10-19-12-43-19/h1-8,18-19H,9-15H2. The summed E-state index contributed by atoms with van der Waals surface area (Å²) in [5, 5.41) is 0. The molecule has 0 aliphatic carbocycles. The van der Waals surface area contributed by atoms with Gasteiger partial charge in [-0.15, -0.1) is 0 Å². The number of rotatable bonds is 16. The average Bonchev–Trinajstić information content (AvgIpc) is 3.94. The zero-order chi connectivity index (χ0) is 34.5. The molecule has 18 heteroatoms. The predicted molar refractivity (Wildman–Crippen MR) is 143 cm³/mol. The maximum Gasteiger partial charge on any atom is 0.420 e. The van der Waals surface area contributed by atoms with Crippen molar-refractivity contribution in [1.82, 2.24) is 0 Å². The number of esters is 1. The molecule has 2 unspecified atom stereocenters. The lowest BCUT2D eigenvalue weighted by Crippen LogP contribution is -2.22. The minimum atomic E-state index is -5.75. The molecule has 3 aromatic carbocycles. The lowest BCUT2D eigenvalue weighted by atomic mass is 10.0. The Morgan fingerprint density at radius 1 is 0.646 bits per heavy atom.